The average molecular weight is 808 g/mol. The van der Waals surface area contributed by atoms with E-state index >= 15 is 0 Å². The molecule has 0 spiro atoms. The first kappa shape index (κ1) is 44.1. The van der Waals surface area contributed by atoms with Crippen molar-refractivity contribution in [1.82, 2.24) is 14.0 Å². The van der Waals surface area contributed by atoms with Gasteiger partial charge in [0.25, 0.3) is 0 Å². The Hall–Kier alpha value is -6.01. The molecule has 6 rings (SSSR count). The highest BCUT2D eigenvalue weighted by Crippen LogP contribution is 2.39. The van der Waals surface area contributed by atoms with E-state index in [1.165, 1.54) is 0 Å². The van der Waals surface area contributed by atoms with Crippen LogP contribution in [-0.2, 0) is 0 Å². The van der Waals surface area contributed by atoms with Gasteiger partial charge in [-0.15, -0.1) is 0 Å². The Morgan fingerprint density at radius 3 is 1.80 bits per heavy atom. The predicted molar refractivity (Wildman–Crippen MR) is 230 cm³/mol. The molecule has 2 aliphatic heterocycles. The number of benzene rings is 2. The SMILES string of the molecule is CC(=O)c1cc(/C=C/CC(C)(C)C#N)n(-c2ccc(C#N)cc2)c1C.Cc1c(C(=O)CN2C3CCC2[C@@H](O)C3)c(Cl)c(/C=C/CC(C)(C)C#N)n1-c1ccc(C#N)cc1. The molecule has 11 heteroatoms. The van der Waals surface area contributed by atoms with E-state index in [0.717, 1.165) is 47.7 Å². The first-order valence-corrected chi connectivity index (χ1v) is 20.1. The van der Waals surface area contributed by atoms with Gasteiger partial charge in [-0.1, -0.05) is 23.8 Å². The van der Waals surface area contributed by atoms with E-state index in [-0.39, 0.29) is 36.3 Å². The number of aliphatic hydroxyl groups is 1. The lowest BCUT2D eigenvalue weighted by atomic mass is 9.91. The molecule has 3 atom stereocenters. The molecule has 2 aromatic heterocycles. The Bertz CT molecular complexity index is 2460. The van der Waals surface area contributed by atoms with E-state index in [1.807, 2.05) is 105 Å². The standard InChI is InChI=1S/C27H29ClN4O2.C21H21N3O/c1-17-25(24(34)15-31-20-10-11-21(31)23(33)13-20)26(28)22(5-4-12-27(2,3)16-30)32(17)19-8-6-18(14-29)7-9-19;1-15-20(16(2)25)12-19(6-5-11-21(3,4)14-23)24(15)18-9-7-17(13-22)8-10-18/h4-9,20-21,23,33H,10-13,15H2,1-3H3;5-10,12H,11H2,1-4H3/b5-4+;6-5+/t20?,21?,23-;/m0./s1. The number of aliphatic hydroxyl groups excluding tert-OH is 1. The molecule has 4 aromatic rings. The Balaban J connectivity index is 0.000000236. The third kappa shape index (κ3) is 9.83. The van der Waals surface area contributed by atoms with E-state index in [4.69, 9.17) is 27.4 Å². The quantitative estimate of drug-likeness (QED) is 0.138. The van der Waals surface area contributed by atoms with Gasteiger partial charge < -0.3 is 14.2 Å². The van der Waals surface area contributed by atoms with Gasteiger partial charge in [0.05, 0.1) is 75.2 Å². The molecule has 0 saturated carbocycles. The normalized spacial score (nSPS) is 17.6. The molecule has 2 unspecified atom stereocenters. The van der Waals surface area contributed by atoms with Crippen molar-refractivity contribution in [3.8, 4) is 35.7 Å². The molecule has 2 fully saturated rings. The van der Waals surface area contributed by atoms with Crippen molar-refractivity contribution in [3.05, 3.63) is 117 Å². The molecule has 0 amide bonds. The number of halogens is 1. The summed E-state index contributed by atoms with van der Waals surface area (Å²) in [4.78, 5) is 27.6. The van der Waals surface area contributed by atoms with Crippen molar-refractivity contribution in [2.45, 2.75) is 98.8 Å². The highest BCUT2D eigenvalue weighted by atomic mass is 35.5. The highest BCUT2D eigenvalue weighted by Gasteiger charge is 2.46. The lowest BCUT2D eigenvalue weighted by Crippen LogP contribution is -2.36. The summed E-state index contributed by atoms with van der Waals surface area (Å²) >= 11 is 6.85. The minimum atomic E-state index is -0.515. The second-order valence-corrected chi connectivity index (χ2v) is 17.1. The van der Waals surface area contributed by atoms with Crippen molar-refractivity contribution in [3.63, 3.8) is 0 Å². The summed E-state index contributed by atoms with van der Waals surface area (Å²) in [5.41, 5.74) is 6.17. The van der Waals surface area contributed by atoms with Crippen LogP contribution in [0.15, 0.2) is 66.7 Å². The summed E-state index contributed by atoms with van der Waals surface area (Å²) in [6, 6.07) is 25.4. The third-order valence-electron chi connectivity index (χ3n) is 11.2. The predicted octanol–water partition coefficient (Wildman–Crippen LogP) is 9.86. The number of nitrogens with zero attached hydrogens (tertiary/aromatic N) is 7. The number of Topliss-reactive ketones (excluding diaryl/α,β-unsaturated/α-hetero) is 2. The lowest BCUT2D eigenvalue weighted by molar-refractivity contribution is 0.0873. The lowest BCUT2D eigenvalue weighted by Gasteiger charge is -2.21. The van der Waals surface area contributed by atoms with Gasteiger partial charge in [0.2, 0.25) is 0 Å². The van der Waals surface area contributed by atoms with Crippen LogP contribution >= 0.6 is 11.6 Å². The van der Waals surface area contributed by atoms with E-state index in [9.17, 15) is 20.0 Å². The number of nitriles is 4. The molecule has 2 aromatic carbocycles. The van der Waals surface area contributed by atoms with E-state index in [2.05, 4.69) is 29.2 Å². The number of hydrogen-bond acceptors (Lipinski definition) is 8. The summed E-state index contributed by atoms with van der Waals surface area (Å²) in [7, 11) is 0. The number of carbonyl (C=O) groups is 2. The maximum atomic E-state index is 13.5. The van der Waals surface area contributed by atoms with Gasteiger partial charge in [0.1, 0.15) is 0 Å². The molecule has 2 saturated heterocycles. The van der Waals surface area contributed by atoms with Gasteiger partial charge in [0, 0.05) is 46.1 Å². The average Bonchev–Trinajstić information content (AvgIpc) is 3.92. The summed E-state index contributed by atoms with van der Waals surface area (Å²) in [5, 5.41) is 47.2. The minimum absolute atomic E-state index is 0.0110. The monoisotopic (exact) mass is 807 g/mol. The van der Waals surface area contributed by atoms with Crippen LogP contribution in [0.1, 0.15) is 121 Å². The Labute approximate surface area is 352 Å². The fourth-order valence-corrected chi connectivity index (χ4v) is 8.28. The summed E-state index contributed by atoms with van der Waals surface area (Å²) in [6.45, 7) is 13.1. The second kappa shape index (κ2) is 18.3. The molecule has 1 N–H and O–H groups in total. The van der Waals surface area contributed by atoms with E-state index < -0.39 is 10.8 Å². The van der Waals surface area contributed by atoms with Gasteiger partial charge in [-0.25, -0.2) is 0 Å². The van der Waals surface area contributed by atoms with Crippen molar-refractivity contribution in [2.24, 2.45) is 10.8 Å². The Morgan fingerprint density at radius 2 is 1.34 bits per heavy atom. The van der Waals surface area contributed by atoms with Crippen LogP contribution in [0.5, 0.6) is 0 Å². The molecular weight excluding hydrogens is 758 g/mol. The van der Waals surface area contributed by atoms with Crippen LogP contribution in [0, 0.1) is 70.0 Å². The van der Waals surface area contributed by atoms with Crippen LogP contribution in [0.4, 0.5) is 0 Å². The number of allylic oxidation sites excluding steroid dienone is 2. The van der Waals surface area contributed by atoms with Crippen LogP contribution in [0.3, 0.4) is 0 Å². The molecule has 0 aliphatic carbocycles. The van der Waals surface area contributed by atoms with Crippen LogP contribution in [0.2, 0.25) is 5.02 Å². The number of carbonyl (C=O) groups excluding carboxylic acids is 2. The fourth-order valence-electron chi connectivity index (χ4n) is 7.90. The zero-order valence-electron chi connectivity index (χ0n) is 34.8. The highest BCUT2D eigenvalue weighted by molar-refractivity contribution is 6.35. The van der Waals surface area contributed by atoms with Crippen molar-refractivity contribution in [1.29, 1.82) is 21.0 Å². The smallest absolute Gasteiger partial charge is 0.180 e. The van der Waals surface area contributed by atoms with Gasteiger partial charge in [0.15, 0.2) is 11.6 Å². The minimum Gasteiger partial charge on any atom is -0.391 e. The zero-order chi connectivity index (χ0) is 43.2. The van der Waals surface area contributed by atoms with Crippen LogP contribution in [-0.4, -0.2) is 55.4 Å². The molecule has 302 valence electrons. The van der Waals surface area contributed by atoms with E-state index in [0.29, 0.717) is 45.8 Å². The number of rotatable bonds is 12. The first-order chi connectivity index (χ1) is 27.9. The number of fused-ring (bicyclic) bond motifs is 2. The molecule has 2 aliphatic rings. The van der Waals surface area contributed by atoms with Gasteiger partial charge >= 0.3 is 0 Å². The third-order valence-corrected chi connectivity index (χ3v) is 11.6. The number of aromatic nitrogens is 2. The van der Waals surface area contributed by atoms with Crippen molar-refractivity contribution < 1.29 is 14.7 Å². The number of ketones is 2. The van der Waals surface area contributed by atoms with E-state index in [1.54, 1.807) is 31.2 Å². The Kier molecular flexibility index (Phi) is 13.7. The summed E-state index contributed by atoms with van der Waals surface area (Å²) in [5.74, 6) is -0.0511. The topological polar surface area (TPSA) is 163 Å². The van der Waals surface area contributed by atoms with Crippen LogP contribution < -0.4 is 0 Å². The maximum absolute atomic E-state index is 13.5. The molecule has 4 heterocycles. The van der Waals surface area contributed by atoms with Crippen molar-refractivity contribution >= 4 is 35.3 Å². The fraction of sp³-hybridized carbons (Fsp3) is 0.375. The number of hydrogen-bond donors (Lipinski definition) is 1. The summed E-state index contributed by atoms with van der Waals surface area (Å²) < 4.78 is 3.92. The van der Waals surface area contributed by atoms with Gasteiger partial charge in [-0.2, -0.15) is 21.0 Å². The van der Waals surface area contributed by atoms with Crippen molar-refractivity contribution in [2.75, 3.05) is 6.54 Å². The Morgan fingerprint density at radius 1 is 0.814 bits per heavy atom. The van der Waals surface area contributed by atoms with Gasteiger partial charge in [-0.05, 0) is 147 Å². The maximum Gasteiger partial charge on any atom is 0.180 e. The largest absolute Gasteiger partial charge is 0.391 e. The first-order valence-electron chi connectivity index (χ1n) is 19.7. The molecule has 0 radical (unpaired) electrons. The van der Waals surface area contributed by atoms with Crippen LogP contribution in [0.25, 0.3) is 23.5 Å². The molecule has 2 bridgehead atoms. The second-order valence-electron chi connectivity index (χ2n) is 16.7. The van der Waals surface area contributed by atoms with Gasteiger partial charge in [-0.3, -0.25) is 14.5 Å². The molecule has 59 heavy (non-hydrogen) atoms. The molecule has 10 nitrogen and oxygen atoms in total. The molecular formula is C48H50ClN7O3. The summed E-state index contributed by atoms with van der Waals surface area (Å²) in [6.07, 6.45) is 11.1. The zero-order valence-corrected chi connectivity index (χ0v) is 35.5.